The first-order valence-corrected chi connectivity index (χ1v) is 7.93. The van der Waals surface area contributed by atoms with E-state index in [2.05, 4.69) is 9.89 Å². The van der Waals surface area contributed by atoms with Crippen LogP contribution in [0, 0.1) is 0 Å². The van der Waals surface area contributed by atoms with Gasteiger partial charge in [0, 0.05) is 31.7 Å². The molecule has 0 saturated carbocycles. The summed E-state index contributed by atoms with van der Waals surface area (Å²) in [5.41, 5.74) is 6.13. The molecule has 1 fully saturated rings. The van der Waals surface area contributed by atoms with Crippen LogP contribution < -0.4 is 11.1 Å². The number of nitrogens with one attached hydrogen (secondary N) is 1. The van der Waals surface area contributed by atoms with Crippen LogP contribution in [0.1, 0.15) is 10.4 Å². The molecular formula is C16H20F3N5O2. The number of nitrogens with zero attached hydrogens (tertiary/aromatic N) is 3. The Bertz CT molecular complexity index is 680. The van der Waals surface area contributed by atoms with Crippen LogP contribution in [0.25, 0.3) is 0 Å². The Hall–Kier alpha value is -2.62. The van der Waals surface area contributed by atoms with Gasteiger partial charge in [0.05, 0.1) is 5.69 Å². The number of alkyl halides is 3. The number of amides is 2. The van der Waals surface area contributed by atoms with Crippen molar-refractivity contribution in [3.05, 3.63) is 29.8 Å². The third-order valence-electron chi connectivity index (χ3n) is 3.84. The number of benzene rings is 1. The van der Waals surface area contributed by atoms with Gasteiger partial charge in [-0.05, 0) is 31.3 Å². The van der Waals surface area contributed by atoms with Crippen molar-refractivity contribution < 1.29 is 22.8 Å². The number of carbonyl (C=O) groups excluding carboxylic acids is 2. The maximum Gasteiger partial charge on any atom is 0.405 e. The number of hydrogen-bond donors (Lipinski definition) is 2. The van der Waals surface area contributed by atoms with E-state index >= 15 is 0 Å². The molecular weight excluding hydrogens is 351 g/mol. The highest BCUT2D eigenvalue weighted by Gasteiger charge is 2.28. The first-order valence-electron chi connectivity index (χ1n) is 7.93. The normalized spacial score (nSPS) is 16.5. The van der Waals surface area contributed by atoms with Gasteiger partial charge in [0.25, 0.3) is 11.8 Å². The van der Waals surface area contributed by atoms with Crippen molar-refractivity contribution in [2.75, 3.05) is 39.8 Å². The minimum Gasteiger partial charge on any atom is -0.379 e. The predicted molar refractivity (Wildman–Crippen MR) is 90.2 cm³/mol. The lowest BCUT2D eigenvalue weighted by atomic mass is 10.1. The molecule has 0 spiro atoms. The monoisotopic (exact) mass is 371 g/mol. The van der Waals surface area contributed by atoms with Crippen molar-refractivity contribution in [3.63, 3.8) is 0 Å². The van der Waals surface area contributed by atoms with Gasteiger partial charge in [-0.3, -0.25) is 9.59 Å². The molecule has 26 heavy (non-hydrogen) atoms. The summed E-state index contributed by atoms with van der Waals surface area (Å²) in [7, 11) is 1.99. The molecule has 1 aromatic rings. The maximum absolute atomic E-state index is 12.4. The van der Waals surface area contributed by atoms with Gasteiger partial charge in [0.2, 0.25) is 0 Å². The number of aliphatic imine (C=N–C) groups is 1. The molecule has 3 N–H and O–H groups in total. The van der Waals surface area contributed by atoms with E-state index in [-0.39, 0.29) is 11.6 Å². The second-order valence-electron chi connectivity index (χ2n) is 5.94. The molecule has 0 atom stereocenters. The number of piperazine rings is 1. The summed E-state index contributed by atoms with van der Waals surface area (Å²) >= 11 is 0. The van der Waals surface area contributed by atoms with E-state index in [1.807, 2.05) is 7.05 Å². The molecule has 0 aromatic heterocycles. The predicted octanol–water partition coefficient (Wildman–Crippen LogP) is 0.741. The van der Waals surface area contributed by atoms with E-state index in [4.69, 9.17) is 5.73 Å². The Labute approximate surface area is 148 Å². The van der Waals surface area contributed by atoms with Gasteiger partial charge in [-0.15, -0.1) is 0 Å². The van der Waals surface area contributed by atoms with Crippen LogP contribution >= 0.6 is 0 Å². The third-order valence-corrected chi connectivity index (χ3v) is 3.84. The third kappa shape index (κ3) is 5.73. The number of likely N-dealkylation sites (N-methyl/N-ethyl adjacent to an activating group) is 1. The summed E-state index contributed by atoms with van der Waals surface area (Å²) in [5.74, 6) is -1.81. The quantitative estimate of drug-likeness (QED) is 0.606. The fraction of sp³-hybridized carbons (Fsp3) is 0.438. The zero-order chi connectivity index (χ0) is 19.3. The zero-order valence-electron chi connectivity index (χ0n) is 14.2. The Balaban J connectivity index is 1.98. The highest BCUT2D eigenvalue weighted by atomic mass is 19.4. The number of halogens is 3. The summed E-state index contributed by atoms with van der Waals surface area (Å²) in [6, 6.07) is 6.04. The standard InChI is InChI=1S/C16H20F3N5O2/c1-23-6-8-24(9-7-23)15(26)11-2-4-12(5-3-11)22-13(20)14(25)21-10-16(17,18)19/h2-5H,6-10H2,1H3,(H2,20,22)(H,21,25). The maximum atomic E-state index is 12.4. The molecule has 1 aliphatic heterocycles. The summed E-state index contributed by atoms with van der Waals surface area (Å²) in [5, 5.41) is 1.63. The lowest BCUT2D eigenvalue weighted by Gasteiger charge is -2.32. The Morgan fingerprint density at radius 3 is 2.27 bits per heavy atom. The Kier molecular flexibility index (Phi) is 6.19. The van der Waals surface area contributed by atoms with Crippen molar-refractivity contribution in [1.29, 1.82) is 0 Å². The van der Waals surface area contributed by atoms with Crippen LogP contribution in [0.3, 0.4) is 0 Å². The lowest BCUT2D eigenvalue weighted by Crippen LogP contribution is -2.47. The Morgan fingerprint density at radius 1 is 1.15 bits per heavy atom. The number of amidine groups is 1. The summed E-state index contributed by atoms with van der Waals surface area (Å²) < 4.78 is 36.2. The minimum atomic E-state index is -4.53. The second kappa shape index (κ2) is 8.17. The number of rotatable bonds is 3. The highest BCUT2D eigenvalue weighted by molar-refractivity contribution is 6.37. The SMILES string of the molecule is CN1CCN(C(=O)c2ccc(N=C(N)C(=O)NCC(F)(F)F)cc2)CC1. The van der Waals surface area contributed by atoms with E-state index in [0.717, 1.165) is 13.1 Å². The summed E-state index contributed by atoms with van der Waals surface area (Å²) in [6.45, 7) is 1.40. The van der Waals surface area contributed by atoms with Crippen LogP contribution in [0.2, 0.25) is 0 Å². The molecule has 7 nitrogen and oxygen atoms in total. The van der Waals surface area contributed by atoms with Gasteiger partial charge in [-0.25, -0.2) is 4.99 Å². The smallest absolute Gasteiger partial charge is 0.379 e. The average Bonchev–Trinajstić information content (AvgIpc) is 2.59. The van der Waals surface area contributed by atoms with Crippen molar-refractivity contribution in [2.24, 2.45) is 10.7 Å². The van der Waals surface area contributed by atoms with Gasteiger partial charge >= 0.3 is 6.18 Å². The van der Waals surface area contributed by atoms with Crippen LogP contribution in [-0.4, -0.2) is 73.4 Å². The molecule has 142 valence electrons. The van der Waals surface area contributed by atoms with Gasteiger partial charge < -0.3 is 20.9 Å². The Morgan fingerprint density at radius 2 is 1.73 bits per heavy atom. The van der Waals surface area contributed by atoms with Crippen LogP contribution in [0.4, 0.5) is 18.9 Å². The topological polar surface area (TPSA) is 91.0 Å². The van der Waals surface area contributed by atoms with E-state index in [0.29, 0.717) is 18.7 Å². The van der Waals surface area contributed by atoms with Gasteiger partial charge in [0.1, 0.15) is 6.54 Å². The fourth-order valence-electron chi connectivity index (χ4n) is 2.33. The molecule has 0 unspecified atom stereocenters. The summed E-state index contributed by atoms with van der Waals surface area (Å²) in [6.07, 6.45) is -4.53. The first kappa shape index (κ1) is 19.7. The first-order chi connectivity index (χ1) is 12.2. The van der Waals surface area contributed by atoms with Crippen molar-refractivity contribution in [3.8, 4) is 0 Å². The summed E-state index contributed by atoms with van der Waals surface area (Å²) in [4.78, 5) is 31.5. The van der Waals surface area contributed by atoms with Crippen molar-refractivity contribution >= 4 is 23.3 Å². The van der Waals surface area contributed by atoms with E-state index < -0.39 is 24.5 Å². The molecule has 0 bridgehead atoms. The molecule has 0 radical (unpaired) electrons. The molecule has 1 aromatic carbocycles. The van der Waals surface area contributed by atoms with Gasteiger partial charge in [0.15, 0.2) is 5.84 Å². The van der Waals surface area contributed by atoms with Crippen molar-refractivity contribution in [2.45, 2.75) is 6.18 Å². The number of nitrogens with two attached hydrogens (primary N) is 1. The lowest BCUT2D eigenvalue weighted by molar-refractivity contribution is -0.134. The molecule has 1 heterocycles. The van der Waals surface area contributed by atoms with Crippen LogP contribution in [0.5, 0.6) is 0 Å². The second-order valence-corrected chi connectivity index (χ2v) is 5.94. The van der Waals surface area contributed by atoms with E-state index in [1.165, 1.54) is 12.1 Å². The largest absolute Gasteiger partial charge is 0.405 e. The van der Waals surface area contributed by atoms with E-state index in [1.54, 1.807) is 22.3 Å². The molecule has 10 heteroatoms. The van der Waals surface area contributed by atoms with Gasteiger partial charge in [-0.2, -0.15) is 13.2 Å². The van der Waals surface area contributed by atoms with Crippen LogP contribution in [-0.2, 0) is 4.79 Å². The van der Waals surface area contributed by atoms with Crippen LogP contribution in [0.15, 0.2) is 29.3 Å². The molecule has 2 amide bonds. The van der Waals surface area contributed by atoms with Crippen molar-refractivity contribution in [1.82, 2.24) is 15.1 Å². The molecule has 0 aliphatic carbocycles. The fourth-order valence-corrected chi connectivity index (χ4v) is 2.33. The molecule has 1 aliphatic rings. The van der Waals surface area contributed by atoms with E-state index in [9.17, 15) is 22.8 Å². The zero-order valence-corrected chi connectivity index (χ0v) is 14.2. The van der Waals surface area contributed by atoms with Gasteiger partial charge in [-0.1, -0.05) is 0 Å². The minimum absolute atomic E-state index is 0.107. The number of carbonyl (C=O) groups is 2. The number of hydrogen-bond acceptors (Lipinski definition) is 4. The molecule has 2 rings (SSSR count). The highest BCUT2D eigenvalue weighted by Crippen LogP contribution is 2.16. The average molecular weight is 371 g/mol. The molecule has 1 saturated heterocycles.